The van der Waals surface area contributed by atoms with E-state index in [9.17, 15) is 13.2 Å². The SMILES string of the molecule is O=C(NCCSC1CCCC1)[C@H]1CCCN(S(=O)(=O)c2ccccc2)C1. The number of hydrogen-bond acceptors (Lipinski definition) is 4. The van der Waals surface area contributed by atoms with E-state index in [1.807, 2.05) is 11.8 Å². The molecule has 5 nitrogen and oxygen atoms in total. The molecule has 0 radical (unpaired) electrons. The molecule has 1 aliphatic heterocycles. The Morgan fingerprint density at radius 1 is 1.12 bits per heavy atom. The lowest BCUT2D eigenvalue weighted by Crippen LogP contribution is -2.45. The Morgan fingerprint density at radius 3 is 2.58 bits per heavy atom. The molecule has 0 unspecified atom stereocenters. The van der Waals surface area contributed by atoms with Gasteiger partial charge in [-0.25, -0.2) is 8.42 Å². The number of nitrogens with one attached hydrogen (secondary N) is 1. The van der Waals surface area contributed by atoms with Gasteiger partial charge in [-0.05, 0) is 37.8 Å². The topological polar surface area (TPSA) is 66.5 Å². The van der Waals surface area contributed by atoms with Gasteiger partial charge in [-0.1, -0.05) is 31.0 Å². The number of hydrogen-bond donors (Lipinski definition) is 1. The standard InChI is InChI=1S/C19H28N2O3S2/c22-19(20-12-14-25-17-8-4-5-9-17)16-7-6-13-21(15-16)26(23,24)18-10-2-1-3-11-18/h1-3,10-11,16-17H,4-9,12-15H2,(H,20,22)/t16-/m0/s1. The number of thioether (sulfide) groups is 1. The van der Waals surface area contributed by atoms with Crippen LogP contribution in [-0.2, 0) is 14.8 Å². The van der Waals surface area contributed by atoms with Crippen molar-refractivity contribution < 1.29 is 13.2 Å². The van der Waals surface area contributed by atoms with Crippen molar-refractivity contribution in [3.63, 3.8) is 0 Å². The number of carbonyl (C=O) groups excluding carboxylic acids is 1. The molecule has 1 atom stereocenters. The van der Waals surface area contributed by atoms with Crippen LogP contribution in [-0.4, -0.2) is 49.3 Å². The highest BCUT2D eigenvalue weighted by Crippen LogP contribution is 2.29. The van der Waals surface area contributed by atoms with Gasteiger partial charge < -0.3 is 5.32 Å². The summed E-state index contributed by atoms with van der Waals surface area (Å²) < 4.78 is 27.0. The van der Waals surface area contributed by atoms with Crippen LogP contribution in [0.2, 0.25) is 0 Å². The second-order valence-electron chi connectivity index (χ2n) is 7.08. The zero-order valence-electron chi connectivity index (χ0n) is 15.1. The minimum Gasteiger partial charge on any atom is -0.355 e. The fourth-order valence-corrected chi connectivity index (χ4v) is 6.48. The van der Waals surface area contributed by atoms with Crippen LogP contribution in [0, 0.1) is 5.92 Å². The number of piperidine rings is 1. The summed E-state index contributed by atoms with van der Waals surface area (Å²) in [5.74, 6) is 0.679. The van der Waals surface area contributed by atoms with Crippen molar-refractivity contribution in [1.29, 1.82) is 0 Å². The third-order valence-corrected chi connectivity index (χ3v) is 8.45. The Labute approximate surface area is 161 Å². The van der Waals surface area contributed by atoms with E-state index in [1.165, 1.54) is 30.0 Å². The highest BCUT2D eigenvalue weighted by atomic mass is 32.2. The zero-order valence-corrected chi connectivity index (χ0v) is 16.7. The third-order valence-electron chi connectivity index (χ3n) is 5.19. The lowest BCUT2D eigenvalue weighted by Gasteiger charge is -2.31. The van der Waals surface area contributed by atoms with E-state index in [2.05, 4.69) is 5.32 Å². The molecule has 1 saturated heterocycles. The molecule has 26 heavy (non-hydrogen) atoms. The molecular weight excluding hydrogens is 368 g/mol. The summed E-state index contributed by atoms with van der Waals surface area (Å²) >= 11 is 1.95. The van der Waals surface area contributed by atoms with Crippen molar-refractivity contribution in [2.75, 3.05) is 25.4 Å². The minimum atomic E-state index is -3.52. The first-order valence-corrected chi connectivity index (χ1v) is 12.0. The fourth-order valence-electron chi connectivity index (χ4n) is 3.72. The molecule has 1 amide bonds. The summed E-state index contributed by atoms with van der Waals surface area (Å²) in [7, 11) is -3.52. The number of nitrogens with zero attached hydrogens (tertiary/aromatic N) is 1. The highest BCUT2D eigenvalue weighted by molar-refractivity contribution is 7.99. The van der Waals surface area contributed by atoms with Crippen molar-refractivity contribution >= 4 is 27.7 Å². The maximum atomic E-state index is 12.8. The van der Waals surface area contributed by atoms with Crippen molar-refractivity contribution in [1.82, 2.24) is 9.62 Å². The van der Waals surface area contributed by atoms with E-state index in [4.69, 9.17) is 0 Å². The quantitative estimate of drug-likeness (QED) is 0.720. The highest BCUT2D eigenvalue weighted by Gasteiger charge is 2.33. The van der Waals surface area contributed by atoms with Crippen LogP contribution in [0.25, 0.3) is 0 Å². The Hall–Kier alpha value is -1.05. The first kappa shape index (κ1) is 19.7. The first-order valence-electron chi connectivity index (χ1n) is 9.52. The number of benzene rings is 1. The predicted molar refractivity (Wildman–Crippen MR) is 106 cm³/mol. The van der Waals surface area contributed by atoms with E-state index < -0.39 is 10.0 Å². The van der Waals surface area contributed by atoms with Gasteiger partial charge in [0, 0.05) is 30.6 Å². The second kappa shape index (κ2) is 9.24. The van der Waals surface area contributed by atoms with E-state index in [0.29, 0.717) is 18.0 Å². The molecule has 144 valence electrons. The Bertz CT molecular complexity index is 688. The van der Waals surface area contributed by atoms with Crippen LogP contribution >= 0.6 is 11.8 Å². The van der Waals surface area contributed by atoms with Gasteiger partial charge in [0.1, 0.15) is 0 Å². The average Bonchev–Trinajstić information content (AvgIpc) is 3.19. The Balaban J connectivity index is 1.48. The summed E-state index contributed by atoms with van der Waals surface area (Å²) in [5, 5.41) is 3.76. The van der Waals surface area contributed by atoms with Crippen LogP contribution in [0.3, 0.4) is 0 Å². The summed E-state index contributed by atoms with van der Waals surface area (Å²) in [5.41, 5.74) is 0. The van der Waals surface area contributed by atoms with E-state index >= 15 is 0 Å². The maximum Gasteiger partial charge on any atom is 0.243 e. The van der Waals surface area contributed by atoms with Crippen LogP contribution in [0.5, 0.6) is 0 Å². The van der Waals surface area contributed by atoms with Crippen molar-refractivity contribution in [3.8, 4) is 0 Å². The van der Waals surface area contributed by atoms with Gasteiger partial charge in [0.05, 0.1) is 10.8 Å². The Morgan fingerprint density at radius 2 is 1.85 bits per heavy atom. The molecule has 0 spiro atoms. The molecule has 3 rings (SSSR count). The molecule has 0 bridgehead atoms. The van der Waals surface area contributed by atoms with E-state index in [-0.39, 0.29) is 18.4 Å². The molecule has 1 aliphatic carbocycles. The van der Waals surface area contributed by atoms with E-state index in [1.54, 1.807) is 30.3 Å². The molecule has 1 saturated carbocycles. The second-order valence-corrected chi connectivity index (χ2v) is 10.4. The predicted octanol–water partition coefficient (Wildman–Crippen LogP) is 2.88. The van der Waals surface area contributed by atoms with Crippen LogP contribution in [0.1, 0.15) is 38.5 Å². The summed E-state index contributed by atoms with van der Waals surface area (Å²) in [6.07, 6.45) is 6.74. The smallest absolute Gasteiger partial charge is 0.243 e. The summed E-state index contributed by atoms with van der Waals surface area (Å²) in [6.45, 7) is 1.43. The first-order chi connectivity index (χ1) is 12.6. The van der Waals surface area contributed by atoms with Crippen LogP contribution in [0.4, 0.5) is 0 Å². The molecule has 1 aromatic carbocycles. The largest absolute Gasteiger partial charge is 0.355 e. The summed E-state index contributed by atoms with van der Waals surface area (Å²) in [6, 6.07) is 8.47. The van der Waals surface area contributed by atoms with Gasteiger partial charge in [-0.3, -0.25) is 4.79 Å². The molecule has 1 heterocycles. The lowest BCUT2D eigenvalue weighted by molar-refractivity contribution is -0.125. The van der Waals surface area contributed by atoms with Crippen molar-refractivity contribution in [2.45, 2.75) is 48.7 Å². The van der Waals surface area contributed by atoms with Gasteiger partial charge in [-0.2, -0.15) is 16.1 Å². The average molecular weight is 397 g/mol. The van der Waals surface area contributed by atoms with Crippen LogP contribution < -0.4 is 5.32 Å². The summed E-state index contributed by atoms with van der Waals surface area (Å²) in [4.78, 5) is 12.8. The number of rotatable bonds is 7. The molecule has 1 N–H and O–H groups in total. The molecule has 2 fully saturated rings. The van der Waals surface area contributed by atoms with Gasteiger partial charge in [0.2, 0.25) is 15.9 Å². The fraction of sp³-hybridized carbons (Fsp3) is 0.632. The third kappa shape index (κ3) is 5.02. The van der Waals surface area contributed by atoms with E-state index in [0.717, 1.165) is 23.8 Å². The van der Waals surface area contributed by atoms with Crippen molar-refractivity contribution in [3.05, 3.63) is 30.3 Å². The lowest BCUT2D eigenvalue weighted by atomic mass is 9.99. The Kier molecular flexibility index (Phi) is 7.00. The van der Waals surface area contributed by atoms with Gasteiger partial charge >= 0.3 is 0 Å². The molecule has 0 aromatic heterocycles. The van der Waals surface area contributed by atoms with Crippen molar-refractivity contribution in [2.24, 2.45) is 5.92 Å². The molecule has 1 aromatic rings. The molecular formula is C19H28N2O3S2. The van der Waals surface area contributed by atoms with Gasteiger partial charge in [-0.15, -0.1) is 0 Å². The monoisotopic (exact) mass is 396 g/mol. The maximum absolute atomic E-state index is 12.8. The number of amides is 1. The molecule has 7 heteroatoms. The minimum absolute atomic E-state index is 0.00927. The number of sulfonamides is 1. The number of carbonyl (C=O) groups is 1. The normalized spacial score (nSPS) is 22.4. The van der Waals surface area contributed by atoms with Gasteiger partial charge in [0.15, 0.2) is 0 Å². The van der Waals surface area contributed by atoms with Crippen LogP contribution in [0.15, 0.2) is 35.2 Å². The van der Waals surface area contributed by atoms with Gasteiger partial charge in [0.25, 0.3) is 0 Å². The molecule has 2 aliphatic rings. The zero-order chi connectivity index (χ0) is 18.4.